The molecule has 2 amide bonds. The summed E-state index contributed by atoms with van der Waals surface area (Å²) in [4.78, 5) is 29.2. The van der Waals surface area contributed by atoms with Crippen molar-refractivity contribution >= 4 is 50.7 Å². The van der Waals surface area contributed by atoms with Crippen LogP contribution in [-0.4, -0.2) is 88.3 Å². The van der Waals surface area contributed by atoms with E-state index < -0.39 is 15.9 Å². The van der Waals surface area contributed by atoms with Crippen LogP contribution in [0.3, 0.4) is 0 Å². The lowest BCUT2D eigenvalue weighted by Gasteiger charge is -2.48. The van der Waals surface area contributed by atoms with E-state index in [0.29, 0.717) is 55.1 Å². The van der Waals surface area contributed by atoms with Crippen LogP contribution in [-0.2, 0) is 19.6 Å². The number of likely N-dealkylation sites (tertiary alicyclic amines) is 1. The number of morpholine rings is 1. The number of carbonyl (C=O) groups excluding carboxylic acids is 2. The fourth-order valence-corrected chi connectivity index (χ4v) is 6.92. The molecular formula is C30H32Cl2N4O5S. The molecule has 9 nitrogen and oxygen atoms in total. The number of anilines is 1. The van der Waals surface area contributed by atoms with Crippen molar-refractivity contribution < 1.29 is 22.7 Å². The second kappa shape index (κ2) is 13.0. The van der Waals surface area contributed by atoms with Crippen molar-refractivity contribution in [2.75, 3.05) is 56.5 Å². The molecule has 12 heteroatoms. The van der Waals surface area contributed by atoms with E-state index in [1.54, 1.807) is 29.2 Å². The predicted octanol–water partition coefficient (Wildman–Crippen LogP) is 3.82. The minimum atomic E-state index is -3.69. The summed E-state index contributed by atoms with van der Waals surface area (Å²) in [6, 6.07) is 21.2. The first-order valence-electron chi connectivity index (χ1n) is 13.6. The van der Waals surface area contributed by atoms with Crippen LogP contribution >= 0.6 is 23.2 Å². The van der Waals surface area contributed by atoms with Gasteiger partial charge in [-0.1, -0.05) is 53.5 Å². The van der Waals surface area contributed by atoms with Crippen LogP contribution in [0.4, 0.5) is 5.69 Å². The van der Waals surface area contributed by atoms with Crippen molar-refractivity contribution in [3.05, 3.63) is 99.5 Å². The molecule has 2 aliphatic heterocycles. The van der Waals surface area contributed by atoms with Crippen molar-refractivity contribution in [2.24, 2.45) is 0 Å². The van der Waals surface area contributed by atoms with Gasteiger partial charge in [0, 0.05) is 41.8 Å². The van der Waals surface area contributed by atoms with E-state index in [0.717, 1.165) is 17.4 Å². The molecule has 1 atom stereocenters. The van der Waals surface area contributed by atoms with Crippen molar-refractivity contribution in [3.63, 3.8) is 0 Å². The van der Waals surface area contributed by atoms with Gasteiger partial charge in [0.05, 0.1) is 43.8 Å². The summed E-state index contributed by atoms with van der Waals surface area (Å²) >= 11 is 12.5. The fraction of sp³-hybridized carbons (Fsp3) is 0.333. The Bertz CT molecular complexity index is 1540. The zero-order valence-corrected chi connectivity index (χ0v) is 25.4. The van der Waals surface area contributed by atoms with Crippen LogP contribution in [0.25, 0.3) is 0 Å². The third-order valence-corrected chi connectivity index (χ3v) is 9.13. The zero-order valence-electron chi connectivity index (χ0n) is 23.1. The molecule has 1 unspecified atom stereocenters. The lowest BCUT2D eigenvalue weighted by Crippen LogP contribution is -2.61. The highest BCUT2D eigenvalue weighted by molar-refractivity contribution is 7.92. The maximum absolute atomic E-state index is 13.1. The summed E-state index contributed by atoms with van der Waals surface area (Å²) in [7, 11) is -3.69. The van der Waals surface area contributed by atoms with E-state index in [9.17, 15) is 18.0 Å². The molecule has 222 valence electrons. The zero-order chi connectivity index (χ0) is 29.9. The van der Waals surface area contributed by atoms with Crippen LogP contribution in [0.1, 0.15) is 27.5 Å². The van der Waals surface area contributed by atoms with E-state index in [4.69, 9.17) is 27.9 Å². The Labute approximate surface area is 256 Å². The smallest absolute Gasteiger partial charge is 0.251 e. The minimum absolute atomic E-state index is 0.147. The number of sulfonamides is 1. The van der Waals surface area contributed by atoms with Crippen molar-refractivity contribution in [3.8, 4) is 0 Å². The fourth-order valence-electron chi connectivity index (χ4n) is 5.42. The molecule has 1 N–H and O–H groups in total. The largest absolute Gasteiger partial charge is 0.378 e. The lowest BCUT2D eigenvalue weighted by molar-refractivity contribution is -0.134. The van der Waals surface area contributed by atoms with Gasteiger partial charge in [-0.15, -0.1) is 0 Å². The normalized spacial score (nSPS) is 16.9. The van der Waals surface area contributed by atoms with E-state index in [-0.39, 0.29) is 30.1 Å². The molecule has 0 saturated carbocycles. The topological polar surface area (TPSA) is 99.3 Å². The maximum Gasteiger partial charge on any atom is 0.251 e. The van der Waals surface area contributed by atoms with E-state index in [1.807, 2.05) is 48.5 Å². The molecule has 2 fully saturated rings. The number of hydrogen-bond acceptors (Lipinski definition) is 6. The Hall–Kier alpha value is -3.15. The molecule has 0 radical (unpaired) electrons. The van der Waals surface area contributed by atoms with Gasteiger partial charge < -0.3 is 15.0 Å². The van der Waals surface area contributed by atoms with Crippen LogP contribution in [0.5, 0.6) is 0 Å². The highest BCUT2D eigenvalue weighted by atomic mass is 35.5. The summed E-state index contributed by atoms with van der Waals surface area (Å²) in [6.07, 6.45) is 1.16. The number of halogens is 2. The summed E-state index contributed by atoms with van der Waals surface area (Å²) in [5.41, 5.74) is 2.65. The maximum atomic E-state index is 13.1. The van der Waals surface area contributed by atoms with Crippen molar-refractivity contribution in [1.29, 1.82) is 0 Å². The number of benzene rings is 3. The molecule has 0 bridgehead atoms. The third kappa shape index (κ3) is 7.07. The van der Waals surface area contributed by atoms with Gasteiger partial charge in [0.2, 0.25) is 15.9 Å². The molecule has 5 rings (SSSR count). The highest BCUT2D eigenvalue weighted by Gasteiger charge is 2.41. The Morgan fingerprint density at radius 1 is 0.952 bits per heavy atom. The van der Waals surface area contributed by atoms with Crippen LogP contribution < -0.4 is 9.62 Å². The van der Waals surface area contributed by atoms with Gasteiger partial charge in [-0.3, -0.25) is 18.8 Å². The van der Waals surface area contributed by atoms with Gasteiger partial charge in [0.25, 0.3) is 5.91 Å². The van der Waals surface area contributed by atoms with Gasteiger partial charge in [0.15, 0.2) is 0 Å². The number of rotatable bonds is 9. The third-order valence-electron chi connectivity index (χ3n) is 7.42. The van der Waals surface area contributed by atoms with Gasteiger partial charge in [-0.25, -0.2) is 8.42 Å². The molecule has 3 aromatic carbocycles. The van der Waals surface area contributed by atoms with E-state index in [2.05, 4.69) is 10.2 Å². The average molecular weight is 632 g/mol. The van der Waals surface area contributed by atoms with Gasteiger partial charge in [-0.05, 0) is 53.6 Å². The summed E-state index contributed by atoms with van der Waals surface area (Å²) in [5, 5.41) is 3.90. The second-order valence-corrected chi connectivity index (χ2v) is 13.1. The molecular weight excluding hydrogens is 599 g/mol. The highest BCUT2D eigenvalue weighted by Crippen LogP contribution is 2.37. The average Bonchev–Trinajstić information content (AvgIpc) is 2.95. The number of ether oxygens (including phenoxy) is 1. The molecule has 42 heavy (non-hydrogen) atoms. The second-order valence-electron chi connectivity index (χ2n) is 10.4. The number of nitrogens with one attached hydrogen (secondary N) is 1. The first-order valence-corrected chi connectivity index (χ1v) is 16.2. The molecule has 3 aromatic rings. The summed E-state index contributed by atoms with van der Waals surface area (Å²) in [6.45, 7) is 2.69. The Balaban J connectivity index is 1.32. The van der Waals surface area contributed by atoms with Gasteiger partial charge in [-0.2, -0.15) is 0 Å². The Kier molecular flexibility index (Phi) is 9.39. The monoisotopic (exact) mass is 630 g/mol. The number of carbonyl (C=O) groups is 2. The molecule has 0 aliphatic carbocycles. The number of nitrogens with zero attached hydrogens (tertiary/aromatic N) is 3. The van der Waals surface area contributed by atoms with E-state index >= 15 is 0 Å². The number of amides is 2. The number of hydrogen-bond donors (Lipinski definition) is 1. The first-order chi connectivity index (χ1) is 20.1. The molecule has 0 spiro atoms. The van der Waals surface area contributed by atoms with Gasteiger partial charge in [0.1, 0.15) is 0 Å². The first kappa shape index (κ1) is 30.3. The molecule has 2 aliphatic rings. The van der Waals surface area contributed by atoms with Crippen LogP contribution in [0.15, 0.2) is 72.8 Å². The predicted molar refractivity (Wildman–Crippen MR) is 164 cm³/mol. The minimum Gasteiger partial charge on any atom is -0.378 e. The Morgan fingerprint density at radius 2 is 1.64 bits per heavy atom. The molecule has 0 aromatic heterocycles. The Morgan fingerprint density at radius 3 is 2.31 bits per heavy atom. The van der Waals surface area contributed by atoms with Crippen LogP contribution in [0, 0.1) is 0 Å². The van der Waals surface area contributed by atoms with Crippen LogP contribution in [0.2, 0.25) is 10.0 Å². The molecule has 2 heterocycles. The lowest BCUT2D eigenvalue weighted by atomic mass is 9.93. The summed E-state index contributed by atoms with van der Waals surface area (Å²) in [5.74, 6) is -0.643. The summed E-state index contributed by atoms with van der Waals surface area (Å²) < 4.78 is 32.7. The SMILES string of the molecule is CS(=O)(=O)N(c1cccc(C(=O)NCC(=O)N2CCOCC2)c1)C1CN(C(c2ccc(Cl)cc2)c2cccc(Cl)c2)C1. The van der Waals surface area contributed by atoms with Crippen molar-refractivity contribution in [2.45, 2.75) is 12.1 Å². The standard InChI is InChI=1S/C30H32Cl2N4O5S/c1-42(39,40)36(26-7-3-5-23(17-26)30(38)33-18-28(37)34-12-14-41-15-13-34)27-19-35(20-27)29(21-8-10-24(31)11-9-21)22-4-2-6-25(32)16-22/h2-11,16-17,27,29H,12-15,18-20H2,1H3,(H,33,38). The van der Waals surface area contributed by atoms with Crippen molar-refractivity contribution in [1.82, 2.24) is 15.1 Å². The quantitative estimate of drug-likeness (QED) is 0.386. The molecule has 2 saturated heterocycles. The van der Waals surface area contributed by atoms with Gasteiger partial charge >= 0.3 is 0 Å². The van der Waals surface area contributed by atoms with E-state index in [1.165, 1.54) is 4.31 Å².